The van der Waals surface area contributed by atoms with E-state index in [0.29, 0.717) is 16.5 Å². The van der Waals surface area contributed by atoms with E-state index in [4.69, 9.17) is 11.6 Å². The van der Waals surface area contributed by atoms with Gasteiger partial charge in [-0.1, -0.05) is 18.5 Å². The van der Waals surface area contributed by atoms with E-state index in [1.165, 1.54) is 0 Å². The lowest BCUT2D eigenvalue weighted by Crippen LogP contribution is -2.38. The highest BCUT2D eigenvalue weighted by atomic mass is 35.5. The minimum Gasteiger partial charge on any atom is -0.373 e. The molecule has 0 aliphatic rings. The van der Waals surface area contributed by atoms with Crippen molar-refractivity contribution in [2.75, 3.05) is 31.4 Å². The smallest absolute Gasteiger partial charge is 0.254 e. The van der Waals surface area contributed by atoms with Crippen molar-refractivity contribution in [3.63, 3.8) is 0 Å². The van der Waals surface area contributed by atoms with Gasteiger partial charge in [-0.15, -0.1) is 0 Å². The number of nitrogens with one attached hydrogen (secondary N) is 1. The zero-order chi connectivity index (χ0) is 14.4. The Morgan fingerprint density at radius 1 is 1.58 bits per heavy atom. The van der Waals surface area contributed by atoms with Crippen LogP contribution in [0.3, 0.4) is 0 Å². The lowest BCUT2D eigenvalue weighted by atomic mass is 10.1. The molecule has 4 nitrogen and oxygen atoms in total. The molecule has 1 unspecified atom stereocenters. The molecule has 0 radical (unpaired) electrons. The number of hydrogen-bond donors (Lipinski definition) is 1. The van der Waals surface area contributed by atoms with Gasteiger partial charge in [0.1, 0.15) is 11.0 Å². The lowest BCUT2D eigenvalue weighted by molar-refractivity contribution is 0.0743. The highest BCUT2D eigenvalue weighted by Gasteiger charge is 2.20. The third kappa shape index (κ3) is 4.28. The van der Waals surface area contributed by atoms with E-state index in [2.05, 4.69) is 17.2 Å². The molecule has 1 aromatic heterocycles. The second-order valence-electron chi connectivity index (χ2n) is 4.25. The highest BCUT2D eigenvalue weighted by molar-refractivity contribution is 7.98. The van der Waals surface area contributed by atoms with Crippen molar-refractivity contribution >= 4 is 35.1 Å². The molecule has 1 heterocycles. The van der Waals surface area contributed by atoms with Gasteiger partial charge in [0, 0.05) is 31.5 Å². The Bertz CT molecular complexity index is 442. The quantitative estimate of drug-likeness (QED) is 0.821. The lowest BCUT2D eigenvalue weighted by Gasteiger charge is -2.27. The maximum atomic E-state index is 12.4. The van der Waals surface area contributed by atoms with Gasteiger partial charge in [-0.3, -0.25) is 4.79 Å². The Morgan fingerprint density at radius 2 is 2.26 bits per heavy atom. The number of rotatable bonds is 6. The van der Waals surface area contributed by atoms with E-state index in [0.717, 1.165) is 12.2 Å². The SMILES string of the molecule is CCC(CSC)N(C)C(=O)c1cc(Cl)nc(NC)c1. The van der Waals surface area contributed by atoms with Crippen molar-refractivity contribution in [3.05, 3.63) is 22.8 Å². The molecule has 1 aromatic rings. The predicted molar refractivity (Wildman–Crippen MR) is 83.3 cm³/mol. The van der Waals surface area contributed by atoms with Crippen molar-refractivity contribution in [1.82, 2.24) is 9.88 Å². The maximum Gasteiger partial charge on any atom is 0.254 e. The van der Waals surface area contributed by atoms with Crippen molar-refractivity contribution in [3.8, 4) is 0 Å². The number of anilines is 1. The number of thioether (sulfide) groups is 1. The Labute approximate surface area is 123 Å². The topological polar surface area (TPSA) is 45.2 Å². The average Bonchev–Trinajstić information content (AvgIpc) is 2.42. The molecule has 6 heteroatoms. The Morgan fingerprint density at radius 3 is 2.79 bits per heavy atom. The van der Waals surface area contributed by atoms with E-state index in [-0.39, 0.29) is 11.9 Å². The second kappa shape index (κ2) is 7.60. The predicted octanol–water partition coefficient (Wildman–Crippen LogP) is 2.99. The van der Waals surface area contributed by atoms with Gasteiger partial charge in [0.15, 0.2) is 0 Å². The summed E-state index contributed by atoms with van der Waals surface area (Å²) in [6, 6.07) is 3.55. The molecule has 0 fully saturated rings. The number of hydrogen-bond acceptors (Lipinski definition) is 4. The molecule has 0 aliphatic heterocycles. The summed E-state index contributed by atoms with van der Waals surface area (Å²) >= 11 is 7.67. The van der Waals surface area contributed by atoms with Crippen LogP contribution in [-0.2, 0) is 0 Å². The van der Waals surface area contributed by atoms with E-state index in [1.807, 2.05) is 13.3 Å². The van der Waals surface area contributed by atoms with Crippen LogP contribution in [0.4, 0.5) is 5.82 Å². The fourth-order valence-corrected chi connectivity index (χ4v) is 2.87. The number of carbonyl (C=O) groups is 1. The van der Waals surface area contributed by atoms with E-state index >= 15 is 0 Å². The largest absolute Gasteiger partial charge is 0.373 e. The first kappa shape index (κ1) is 16.1. The van der Waals surface area contributed by atoms with Gasteiger partial charge >= 0.3 is 0 Å². The molecule has 0 bridgehead atoms. The molecule has 0 aliphatic carbocycles. The number of carbonyl (C=O) groups excluding carboxylic acids is 1. The van der Waals surface area contributed by atoms with Crippen LogP contribution in [0.25, 0.3) is 0 Å². The molecule has 106 valence electrons. The minimum atomic E-state index is -0.0262. The fraction of sp³-hybridized carbons (Fsp3) is 0.538. The summed E-state index contributed by atoms with van der Waals surface area (Å²) < 4.78 is 0. The third-order valence-corrected chi connectivity index (χ3v) is 3.91. The first-order valence-electron chi connectivity index (χ1n) is 6.14. The van der Waals surface area contributed by atoms with Gasteiger partial charge in [-0.2, -0.15) is 11.8 Å². The van der Waals surface area contributed by atoms with Gasteiger partial charge in [0.05, 0.1) is 0 Å². The fourth-order valence-electron chi connectivity index (χ4n) is 1.81. The summed E-state index contributed by atoms with van der Waals surface area (Å²) in [6.07, 6.45) is 2.98. The Balaban J connectivity index is 2.95. The molecule has 0 saturated heterocycles. The number of aromatic nitrogens is 1. The summed E-state index contributed by atoms with van der Waals surface area (Å²) in [5.41, 5.74) is 0.561. The van der Waals surface area contributed by atoms with Crippen molar-refractivity contribution in [2.45, 2.75) is 19.4 Å². The van der Waals surface area contributed by atoms with Gasteiger partial charge in [0.25, 0.3) is 5.91 Å². The summed E-state index contributed by atoms with van der Waals surface area (Å²) in [4.78, 5) is 18.3. The zero-order valence-corrected chi connectivity index (χ0v) is 13.3. The molecule has 0 aromatic carbocycles. The maximum absolute atomic E-state index is 12.4. The third-order valence-electron chi connectivity index (χ3n) is 3.00. The van der Waals surface area contributed by atoms with Crippen LogP contribution < -0.4 is 5.32 Å². The van der Waals surface area contributed by atoms with Gasteiger partial charge < -0.3 is 10.2 Å². The minimum absolute atomic E-state index is 0.0262. The molecule has 1 amide bonds. The normalized spacial score (nSPS) is 12.1. The van der Waals surface area contributed by atoms with Crippen molar-refractivity contribution in [2.24, 2.45) is 0 Å². The molecule has 1 rings (SSSR count). The van der Waals surface area contributed by atoms with Gasteiger partial charge in [0.2, 0.25) is 0 Å². The van der Waals surface area contributed by atoms with Crippen LogP contribution in [-0.4, -0.2) is 47.9 Å². The standard InChI is InChI=1S/C13H20ClN3OS/c1-5-10(8-19-4)17(3)13(18)9-6-11(14)16-12(7-9)15-2/h6-7,10H,5,8H2,1-4H3,(H,15,16). The first-order valence-corrected chi connectivity index (χ1v) is 7.92. The van der Waals surface area contributed by atoms with Gasteiger partial charge in [-0.05, 0) is 24.8 Å². The first-order chi connectivity index (χ1) is 9.03. The summed E-state index contributed by atoms with van der Waals surface area (Å²) in [6.45, 7) is 2.09. The molecular weight excluding hydrogens is 282 g/mol. The van der Waals surface area contributed by atoms with E-state index in [9.17, 15) is 4.79 Å². The Hall–Kier alpha value is -0.940. The van der Waals surface area contributed by atoms with Crippen LogP contribution in [0.15, 0.2) is 12.1 Å². The summed E-state index contributed by atoms with van der Waals surface area (Å²) in [7, 11) is 3.58. The zero-order valence-electron chi connectivity index (χ0n) is 11.7. The van der Waals surface area contributed by atoms with Crippen molar-refractivity contribution < 1.29 is 4.79 Å². The number of nitrogens with zero attached hydrogens (tertiary/aromatic N) is 2. The van der Waals surface area contributed by atoms with Gasteiger partial charge in [-0.25, -0.2) is 4.98 Å². The number of pyridine rings is 1. The molecule has 1 N–H and O–H groups in total. The monoisotopic (exact) mass is 301 g/mol. The molecule has 1 atom stereocenters. The summed E-state index contributed by atoms with van der Waals surface area (Å²) in [5.74, 6) is 1.50. The number of halogens is 1. The van der Waals surface area contributed by atoms with E-state index < -0.39 is 0 Å². The molecule has 0 saturated carbocycles. The highest BCUT2D eigenvalue weighted by Crippen LogP contribution is 2.18. The molecule has 0 spiro atoms. The number of amides is 1. The van der Waals surface area contributed by atoms with Crippen LogP contribution in [0.2, 0.25) is 5.15 Å². The van der Waals surface area contributed by atoms with E-state index in [1.54, 1.807) is 35.8 Å². The summed E-state index contributed by atoms with van der Waals surface area (Å²) in [5, 5.41) is 3.22. The van der Waals surface area contributed by atoms with Crippen LogP contribution in [0, 0.1) is 0 Å². The van der Waals surface area contributed by atoms with Crippen molar-refractivity contribution in [1.29, 1.82) is 0 Å². The van der Waals surface area contributed by atoms with Crippen LogP contribution in [0.1, 0.15) is 23.7 Å². The van der Waals surface area contributed by atoms with Crippen LogP contribution >= 0.6 is 23.4 Å². The molecule has 19 heavy (non-hydrogen) atoms. The second-order valence-corrected chi connectivity index (χ2v) is 5.55. The van der Waals surface area contributed by atoms with Crippen LogP contribution in [0.5, 0.6) is 0 Å². The Kier molecular flexibility index (Phi) is 6.45. The average molecular weight is 302 g/mol. The molecular formula is C13H20ClN3OS.